The predicted octanol–water partition coefficient (Wildman–Crippen LogP) is 0.204. The molecule has 0 atom stereocenters. The van der Waals surface area contributed by atoms with E-state index >= 15 is 0 Å². The van der Waals surface area contributed by atoms with Crippen molar-refractivity contribution in [1.82, 2.24) is 9.80 Å². The summed E-state index contributed by atoms with van der Waals surface area (Å²) >= 11 is 0. The molecule has 1 saturated heterocycles. The smallest absolute Gasteiger partial charge is 0.261 e. The first-order chi connectivity index (χ1) is 9.63. The number of hydrogen-bond donors (Lipinski definition) is 3. The number of nitrogens with two attached hydrogens (primary N) is 1. The molecule has 1 aliphatic heterocycles. The maximum absolute atomic E-state index is 12.3. The Morgan fingerprint density at radius 3 is 2.30 bits per heavy atom. The second-order valence-corrected chi connectivity index (χ2v) is 4.95. The summed E-state index contributed by atoms with van der Waals surface area (Å²) < 4.78 is 0. The molecule has 0 bridgehead atoms. The zero-order valence-corrected chi connectivity index (χ0v) is 11.5. The van der Waals surface area contributed by atoms with Gasteiger partial charge in [0.1, 0.15) is 17.1 Å². The molecule has 1 fully saturated rings. The lowest BCUT2D eigenvalue weighted by molar-refractivity contribution is 0.0630. The van der Waals surface area contributed by atoms with Crippen LogP contribution in [0.25, 0.3) is 0 Å². The predicted molar refractivity (Wildman–Crippen MR) is 75.8 cm³/mol. The van der Waals surface area contributed by atoms with Crippen LogP contribution in [0.15, 0.2) is 18.2 Å². The monoisotopic (exact) mass is 279 g/mol. The fourth-order valence-electron chi connectivity index (χ4n) is 2.39. The summed E-state index contributed by atoms with van der Waals surface area (Å²) in [5.74, 6) is -0.680. The van der Waals surface area contributed by atoms with Gasteiger partial charge in [-0.1, -0.05) is 6.07 Å². The average molecular weight is 279 g/mol. The Bertz CT molecular complexity index is 450. The molecule has 0 aliphatic carbocycles. The lowest BCUT2D eigenvalue weighted by Crippen LogP contribution is -2.49. The highest BCUT2D eigenvalue weighted by atomic mass is 16.3. The van der Waals surface area contributed by atoms with E-state index in [0.29, 0.717) is 19.6 Å². The third kappa shape index (κ3) is 3.20. The van der Waals surface area contributed by atoms with Crippen LogP contribution in [0.3, 0.4) is 0 Å². The van der Waals surface area contributed by atoms with Crippen molar-refractivity contribution in [3.8, 4) is 11.5 Å². The average Bonchev–Trinajstić information content (AvgIpc) is 2.45. The topological polar surface area (TPSA) is 90.0 Å². The third-order valence-corrected chi connectivity index (χ3v) is 3.57. The quantitative estimate of drug-likeness (QED) is 0.733. The number of rotatable bonds is 4. The lowest BCUT2D eigenvalue weighted by atomic mass is 10.1. The van der Waals surface area contributed by atoms with E-state index in [0.717, 1.165) is 26.1 Å². The number of aromatic hydroxyl groups is 2. The van der Waals surface area contributed by atoms with E-state index in [1.165, 1.54) is 18.2 Å². The Hall–Kier alpha value is -1.79. The van der Waals surface area contributed by atoms with Crippen LogP contribution in [-0.4, -0.2) is 65.2 Å². The SMILES string of the molecule is NCCCN1CCN(C(=O)c2c(O)cccc2O)CC1. The number of nitrogens with zero attached hydrogens (tertiary/aromatic N) is 2. The molecule has 1 aromatic rings. The molecule has 1 aliphatic rings. The summed E-state index contributed by atoms with van der Waals surface area (Å²) in [7, 11) is 0. The molecule has 0 unspecified atom stereocenters. The normalized spacial score (nSPS) is 16.4. The van der Waals surface area contributed by atoms with E-state index in [-0.39, 0.29) is 23.0 Å². The molecule has 4 N–H and O–H groups in total. The molecule has 20 heavy (non-hydrogen) atoms. The van der Waals surface area contributed by atoms with E-state index < -0.39 is 0 Å². The van der Waals surface area contributed by atoms with Crippen LogP contribution in [0.4, 0.5) is 0 Å². The summed E-state index contributed by atoms with van der Waals surface area (Å²) in [5, 5.41) is 19.5. The fourth-order valence-corrected chi connectivity index (χ4v) is 2.39. The summed E-state index contributed by atoms with van der Waals surface area (Å²) in [6.45, 7) is 4.39. The third-order valence-electron chi connectivity index (χ3n) is 3.57. The number of piperazine rings is 1. The second kappa shape index (κ2) is 6.58. The maximum atomic E-state index is 12.3. The molecule has 6 heteroatoms. The summed E-state index contributed by atoms with van der Waals surface area (Å²) in [5.41, 5.74) is 5.47. The van der Waals surface area contributed by atoms with Crippen molar-refractivity contribution < 1.29 is 15.0 Å². The van der Waals surface area contributed by atoms with Crippen LogP contribution >= 0.6 is 0 Å². The van der Waals surface area contributed by atoms with Gasteiger partial charge in [-0.15, -0.1) is 0 Å². The summed E-state index contributed by atoms with van der Waals surface area (Å²) in [6, 6.07) is 4.32. The van der Waals surface area contributed by atoms with Crippen LogP contribution in [0.1, 0.15) is 16.8 Å². The lowest BCUT2D eigenvalue weighted by Gasteiger charge is -2.34. The van der Waals surface area contributed by atoms with Crippen molar-refractivity contribution in [1.29, 1.82) is 0 Å². The molecule has 110 valence electrons. The van der Waals surface area contributed by atoms with Gasteiger partial charge in [0.15, 0.2) is 0 Å². The summed E-state index contributed by atoms with van der Waals surface area (Å²) in [4.78, 5) is 16.3. The molecular formula is C14H21N3O3. The number of carbonyl (C=O) groups is 1. The zero-order chi connectivity index (χ0) is 14.5. The Labute approximate surface area is 118 Å². The Balaban J connectivity index is 1.98. The van der Waals surface area contributed by atoms with Gasteiger partial charge >= 0.3 is 0 Å². The van der Waals surface area contributed by atoms with Crippen molar-refractivity contribution in [2.24, 2.45) is 5.73 Å². The van der Waals surface area contributed by atoms with Crippen molar-refractivity contribution in [3.63, 3.8) is 0 Å². The molecule has 0 saturated carbocycles. The number of phenols is 2. The van der Waals surface area contributed by atoms with Gasteiger partial charge in [-0.25, -0.2) is 0 Å². The minimum absolute atomic E-state index is 0.0112. The van der Waals surface area contributed by atoms with Gasteiger partial charge in [-0.2, -0.15) is 0 Å². The van der Waals surface area contributed by atoms with E-state index in [1.54, 1.807) is 4.90 Å². The minimum Gasteiger partial charge on any atom is -0.507 e. The number of benzene rings is 1. The second-order valence-electron chi connectivity index (χ2n) is 4.95. The zero-order valence-electron chi connectivity index (χ0n) is 11.5. The summed E-state index contributed by atoms with van der Waals surface area (Å²) in [6.07, 6.45) is 0.953. The van der Waals surface area contributed by atoms with E-state index in [9.17, 15) is 15.0 Å². The highest BCUT2D eigenvalue weighted by Crippen LogP contribution is 2.27. The van der Waals surface area contributed by atoms with Crippen LogP contribution in [0, 0.1) is 0 Å². The number of amides is 1. The highest BCUT2D eigenvalue weighted by molar-refractivity contribution is 5.99. The van der Waals surface area contributed by atoms with Crippen molar-refractivity contribution in [2.45, 2.75) is 6.42 Å². The van der Waals surface area contributed by atoms with E-state index in [1.807, 2.05) is 0 Å². The van der Waals surface area contributed by atoms with E-state index in [4.69, 9.17) is 5.73 Å². The first-order valence-electron chi connectivity index (χ1n) is 6.86. The van der Waals surface area contributed by atoms with Crippen LogP contribution in [0.5, 0.6) is 11.5 Å². The van der Waals surface area contributed by atoms with Crippen LogP contribution in [-0.2, 0) is 0 Å². The van der Waals surface area contributed by atoms with Crippen LogP contribution in [0.2, 0.25) is 0 Å². The number of carbonyl (C=O) groups excluding carboxylic acids is 1. The van der Waals surface area contributed by atoms with Gasteiger partial charge in [-0.3, -0.25) is 9.69 Å². The van der Waals surface area contributed by atoms with Crippen LogP contribution < -0.4 is 5.73 Å². The van der Waals surface area contributed by atoms with Gasteiger partial charge in [0.2, 0.25) is 0 Å². The number of hydrogen-bond acceptors (Lipinski definition) is 5. The Morgan fingerprint density at radius 1 is 1.15 bits per heavy atom. The molecule has 0 spiro atoms. The first-order valence-corrected chi connectivity index (χ1v) is 6.86. The highest BCUT2D eigenvalue weighted by Gasteiger charge is 2.25. The minimum atomic E-state index is -0.320. The first kappa shape index (κ1) is 14.6. The van der Waals surface area contributed by atoms with Crippen molar-refractivity contribution >= 4 is 5.91 Å². The number of phenolic OH excluding ortho intramolecular Hbond substituents is 2. The van der Waals surface area contributed by atoms with Crippen molar-refractivity contribution in [2.75, 3.05) is 39.3 Å². The molecule has 2 rings (SSSR count). The Morgan fingerprint density at radius 2 is 1.75 bits per heavy atom. The molecule has 0 radical (unpaired) electrons. The molecule has 0 aromatic heterocycles. The molecular weight excluding hydrogens is 258 g/mol. The van der Waals surface area contributed by atoms with Gasteiger partial charge < -0.3 is 20.8 Å². The standard InChI is InChI=1S/C14H21N3O3/c15-5-2-6-16-7-9-17(10-8-16)14(20)13-11(18)3-1-4-12(13)19/h1,3-4,18-19H,2,5-10,15H2. The molecule has 1 aromatic carbocycles. The Kier molecular flexibility index (Phi) is 4.81. The van der Waals surface area contributed by atoms with Gasteiger partial charge in [-0.05, 0) is 31.6 Å². The van der Waals surface area contributed by atoms with Crippen molar-refractivity contribution in [3.05, 3.63) is 23.8 Å². The molecule has 1 amide bonds. The maximum Gasteiger partial charge on any atom is 0.261 e. The molecule has 6 nitrogen and oxygen atoms in total. The largest absolute Gasteiger partial charge is 0.507 e. The van der Waals surface area contributed by atoms with Gasteiger partial charge in [0, 0.05) is 26.2 Å². The molecule has 1 heterocycles. The van der Waals surface area contributed by atoms with Gasteiger partial charge in [0.05, 0.1) is 0 Å². The van der Waals surface area contributed by atoms with E-state index in [2.05, 4.69) is 4.90 Å². The fraction of sp³-hybridized carbons (Fsp3) is 0.500. The van der Waals surface area contributed by atoms with Gasteiger partial charge in [0.25, 0.3) is 5.91 Å².